The second-order valence-electron chi connectivity index (χ2n) is 4.36. The van der Waals surface area contributed by atoms with Gasteiger partial charge in [0.25, 0.3) is 5.76 Å². The van der Waals surface area contributed by atoms with Crippen molar-refractivity contribution in [2.45, 2.75) is 31.1 Å². The lowest BCUT2D eigenvalue weighted by atomic mass is 10.2. The first kappa shape index (κ1) is 13.8. The summed E-state index contributed by atoms with van der Waals surface area (Å²) in [6.07, 6.45) is -1.47. The molecule has 0 aromatic heterocycles. The van der Waals surface area contributed by atoms with Crippen molar-refractivity contribution in [3.8, 4) is 0 Å². The monoisotopic (exact) mass is 273 g/mol. The van der Waals surface area contributed by atoms with E-state index in [0.29, 0.717) is 13.0 Å². The van der Waals surface area contributed by atoms with Crippen molar-refractivity contribution in [3.05, 3.63) is 11.5 Å². The average Bonchev–Trinajstić information content (AvgIpc) is 3.01. The number of nitrogens with one attached hydrogen (secondary N) is 1. The topological polar surface area (TPSA) is 125 Å². The zero-order chi connectivity index (χ0) is 14.0. The van der Waals surface area contributed by atoms with Crippen LogP contribution in [0.15, 0.2) is 11.5 Å². The molecule has 0 radical (unpaired) electrons. The van der Waals surface area contributed by atoms with Gasteiger partial charge in [0.1, 0.15) is 12.1 Å². The summed E-state index contributed by atoms with van der Waals surface area (Å²) in [4.78, 5) is 23.1. The predicted octanol–water partition coefficient (Wildman–Crippen LogP) is -1.67. The number of aliphatic hydroxyl groups is 3. The van der Waals surface area contributed by atoms with Crippen LogP contribution in [0.1, 0.15) is 12.8 Å². The SMILES string of the molecule is O=C1O[C@H]([C@@H](O)CO)C(O)=C1OC(=O)C1CCCN1. The van der Waals surface area contributed by atoms with Crippen molar-refractivity contribution in [2.24, 2.45) is 0 Å². The summed E-state index contributed by atoms with van der Waals surface area (Å²) in [6, 6.07) is -0.519. The summed E-state index contributed by atoms with van der Waals surface area (Å²) in [5, 5.41) is 30.6. The van der Waals surface area contributed by atoms with Gasteiger partial charge in [-0.05, 0) is 19.4 Å². The number of hydrogen-bond donors (Lipinski definition) is 4. The molecule has 0 spiro atoms. The lowest BCUT2D eigenvalue weighted by molar-refractivity contribution is -0.154. The molecule has 1 unspecified atom stereocenters. The average molecular weight is 273 g/mol. The van der Waals surface area contributed by atoms with E-state index in [4.69, 9.17) is 9.84 Å². The van der Waals surface area contributed by atoms with Gasteiger partial charge in [-0.25, -0.2) is 9.59 Å². The van der Waals surface area contributed by atoms with Crippen LogP contribution in [0, 0.1) is 0 Å². The number of rotatable bonds is 4. The molecule has 2 aliphatic rings. The summed E-state index contributed by atoms with van der Waals surface area (Å²) in [5.74, 6) is -3.04. The van der Waals surface area contributed by atoms with E-state index in [1.165, 1.54) is 0 Å². The van der Waals surface area contributed by atoms with E-state index in [2.05, 4.69) is 10.1 Å². The molecule has 0 amide bonds. The summed E-state index contributed by atoms with van der Waals surface area (Å²) in [6.45, 7) is -0.0193. The van der Waals surface area contributed by atoms with E-state index in [-0.39, 0.29) is 0 Å². The fourth-order valence-electron chi connectivity index (χ4n) is 1.97. The first-order valence-electron chi connectivity index (χ1n) is 5.92. The smallest absolute Gasteiger partial charge is 0.378 e. The molecule has 0 bridgehead atoms. The summed E-state index contributed by atoms with van der Waals surface area (Å²) in [5.41, 5.74) is 0. The minimum Gasteiger partial charge on any atom is -0.505 e. The van der Waals surface area contributed by atoms with E-state index >= 15 is 0 Å². The lowest BCUT2D eigenvalue weighted by Crippen LogP contribution is -2.33. The molecule has 1 fully saturated rings. The second-order valence-corrected chi connectivity index (χ2v) is 4.36. The molecule has 3 atom stereocenters. The molecule has 0 aliphatic carbocycles. The fraction of sp³-hybridized carbons (Fsp3) is 0.636. The molecule has 0 aromatic rings. The van der Waals surface area contributed by atoms with Crippen molar-refractivity contribution in [1.29, 1.82) is 0 Å². The maximum absolute atomic E-state index is 11.7. The highest BCUT2D eigenvalue weighted by molar-refractivity contribution is 5.93. The third kappa shape index (κ3) is 2.70. The van der Waals surface area contributed by atoms with Gasteiger partial charge in [0, 0.05) is 0 Å². The molecule has 106 valence electrons. The van der Waals surface area contributed by atoms with Crippen LogP contribution in [0.3, 0.4) is 0 Å². The van der Waals surface area contributed by atoms with E-state index in [1.54, 1.807) is 0 Å². The van der Waals surface area contributed by atoms with Gasteiger partial charge in [0.2, 0.25) is 0 Å². The molecule has 0 aromatic carbocycles. The molecular weight excluding hydrogens is 258 g/mol. The van der Waals surface area contributed by atoms with Gasteiger partial charge in [-0.2, -0.15) is 0 Å². The number of aliphatic hydroxyl groups excluding tert-OH is 3. The van der Waals surface area contributed by atoms with Crippen molar-refractivity contribution in [2.75, 3.05) is 13.2 Å². The molecule has 0 saturated carbocycles. The lowest BCUT2D eigenvalue weighted by Gasteiger charge is -2.13. The molecule has 19 heavy (non-hydrogen) atoms. The molecule has 2 rings (SSSR count). The standard InChI is InChI=1S/C11H15NO7/c13-4-6(14)8-7(15)9(11(17)18-8)19-10(16)5-2-1-3-12-5/h5-6,8,12-15H,1-4H2/t5?,6-,8+/m0/s1. The van der Waals surface area contributed by atoms with Crippen LogP contribution in [-0.4, -0.2) is 58.7 Å². The number of esters is 2. The quantitative estimate of drug-likeness (QED) is 0.448. The predicted molar refractivity (Wildman–Crippen MR) is 59.7 cm³/mol. The number of hydrogen-bond acceptors (Lipinski definition) is 8. The second kappa shape index (κ2) is 5.55. The molecular formula is C11H15NO7. The van der Waals surface area contributed by atoms with E-state index < -0.39 is 48.3 Å². The maximum atomic E-state index is 11.7. The first-order valence-corrected chi connectivity index (χ1v) is 5.92. The number of cyclic esters (lactones) is 1. The normalized spacial score (nSPS) is 28.4. The van der Waals surface area contributed by atoms with Crippen LogP contribution >= 0.6 is 0 Å². The Labute approximate surface area is 108 Å². The summed E-state index contributed by atoms with van der Waals surface area (Å²) in [7, 11) is 0. The van der Waals surface area contributed by atoms with Gasteiger partial charge < -0.3 is 30.1 Å². The fourth-order valence-corrected chi connectivity index (χ4v) is 1.97. The molecule has 2 heterocycles. The van der Waals surface area contributed by atoms with Crippen LogP contribution < -0.4 is 5.32 Å². The van der Waals surface area contributed by atoms with Crippen molar-refractivity contribution in [1.82, 2.24) is 5.32 Å². The van der Waals surface area contributed by atoms with Crippen LogP contribution in [0.2, 0.25) is 0 Å². The number of ether oxygens (including phenoxy) is 2. The highest BCUT2D eigenvalue weighted by Crippen LogP contribution is 2.25. The molecule has 2 aliphatic heterocycles. The van der Waals surface area contributed by atoms with E-state index in [9.17, 15) is 19.8 Å². The third-order valence-corrected chi connectivity index (χ3v) is 3.01. The molecule has 8 heteroatoms. The van der Waals surface area contributed by atoms with Gasteiger partial charge in [0.15, 0.2) is 11.9 Å². The van der Waals surface area contributed by atoms with Gasteiger partial charge in [0.05, 0.1) is 6.61 Å². The Morgan fingerprint density at radius 3 is 2.89 bits per heavy atom. The Balaban J connectivity index is 2.07. The Hall–Kier alpha value is -1.64. The van der Waals surface area contributed by atoms with Gasteiger partial charge in [-0.1, -0.05) is 0 Å². The van der Waals surface area contributed by atoms with Crippen LogP contribution in [0.5, 0.6) is 0 Å². The van der Waals surface area contributed by atoms with Crippen LogP contribution in [0.4, 0.5) is 0 Å². The van der Waals surface area contributed by atoms with Gasteiger partial charge in [-0.3, -0.25) is 0 Å². The minimum atomic E-state index is -1.47. The third-order valence-electron chi connectivity index (χ3n) is 3.01. The zero-order valence-electron chi connectivity index (χ0n) is 10.0. The number of carbonyl (C=O) groups is 2. The highest BCUT2D eigenvalue weighted by Gasteiger charge is 2.42. The zero-order valence-corrected chi connectivity index (χ0v) is 10.0. The molecule has 4 N–H and O–H groups in total. The van der Waals surface area contributed by atoms with Gasteiger partial charge >= 0.3 is 11.9 Å². The highest BCUT2D eigenvalue weighted by atomic mass is 16.6. The van der Waals surface area contributed by atoms with Crippen LogP contribution in [-0.2, 0) is 19.1 Å². The van der Waals surface area contributed by atoms with Crippen molar-refractivity contribution >= 4 is 11.9 Å². The first-order chi connectivity index (χ1) is 9.04. The molecule has 8 nitrogen and oxygen atoms in total. The van der Waals surface area contributed by atoms with Gasteiger partial charge in [-0.15, -0.1) is 0 Å². The molecule has 1 saturated heterocycles. The van der Waals surface area contributed by atoms with E-state index in [1.807, 2.05) is 0 Å². The van der Waals surface area contributed by atoms with Crippen molar-refractivity contribution < 1.29 is 34.4 Å². The minimum absolute atomic E-state index is 0.519. The maximum Gasteiger partial charge on any atom is 0.378 e. The Morgan fingerprint density at radius 2 is 2.32 bits per heavy atom. The summed E-state index contributed by atoms with van der Waals surface area (Å²) < 4.78 is 9.44. The number of carbonyl (C=O) groups excluding carboxylic acids is 2. The summed E-state index contributed by atoms with van der Waals surface area (Å²) >= 11 is 0. The Kier molecular flexibility index (Phi) is 4.03. The van der Waals surface area contributed by atoms with Crippen molar-refractivity contribution in [3.63, 3.8) is 0 Å². The van der Waals surface area contributed by atoms with E-state index in [0.717, 1.165) is 6.42 Å². The Bertz CT molecular complexity index is 413. The Morgan fingerprint density at radius 1 is 1.58 bits per heavy atom. The largest absolute Gasteiger partial charge is 0.505 e. The van der Waals surface area contributed by atoms with Crippen LogP contribution in [0.25, 0.3) is 0 Å².